The Labute approximate surface area is 123 Å². The van der Waals surface area contributed by atoms with Crippen LogP contribution in [0.2, 0.25) is 0 Å². The number of nitrogen functional groups attached to an aromatic ring is 1. The number of phenolic OH excluding ortho intramolecular Hbond substituents is 1. The molecule has 0 unspecified atom stereocenters. The van der Waals surface area contributed by atoms with Gasteiger partial charge < -0.3 is 21.3 Å². The Morgan fingerprint density at radius 1 is 1.19 bits per heavy atom. The van der Waals surface area contributed by atoms with Crippen molar-refractivity contribution in [1.82, 2.24) is 5.32 Å². The monoisotopic (exact) mass is 286 g/mol. The van der Waals surface area contributed by atoms with Gasteiger partial charge in [0, 0.05) is 5.56 Å². The number of benzene rings is 2. The average Bonchev–Trinajstić information content (AvgIpc) is 2.50. The van der Waals surface area contributed by atoms with Crippen molar-refractivity contribution in [2.45, 2.75) is 12.5 Å². The molecule has 0 aromatic heterocycles. The highest BCUT2D eigenvalue weighted by atomic mass is 16.3. The number of aliphatic hydroxyl groups excluding tert-OH is 1. The van der Waals surface area contributed by atoms with Crippen LogP contribution in [0, 0.1) is 0 Å². The van der Waals surface area contributed by atoms with Gasteiger partial charge in [0.25, 0.3) is 5.91 Å². The van der Waals surface area contributed by atoms with Gasteiger partial charge in [-0.15, -0.1) is 0 Å². The number of aromatic hydroxyl groups is 1. The number of amides is 1. The summed E-state index contributed by atoms with van der Waals surface area (Å²) in [6.07, 6.45) is 0.532. The molecule has 0 saturated heterocycles. The molecule has 21 heavy (non-hydrogen) atoms. The van der Waals surface area contributed by atoms with Crippen molar-refractivity contribution in [3.05, 3.63) is 59.7 Å². The number of rotatable bonds is 5. The molecule has 1 atom stereocenters. The second-order valence-electron chi connectivity index (χ2n) is 4.82. The fourth-order valence-electron chi connectivity index (χ4n) is 2.01. The highest BCUT2D eigenvalue weighted by molar-refractivity contribution is 5.95. The maximum atomic E-state index is 12.1. The lowest BCUT2D eigenvalue weighted by atomic mass is 10.1. The first-order valence-electron chi connectivity index (χ1n) is 6.64. The van der Waals surface area contributed by atoms with Crippen LogP contribution < -0.4 is 11.1 Å². The fraction of sp³-hybridized carbons (Fsp3) is 0.188. The minimum Gasteiger partial charge on any atom is -0.506 e. The number of anilines is 1. The van der Waals surface area contributed by atoms with Gasteiger partial charge in [0.15, 0.2) is 0 Å². The summed E-state index contributed by atoms with van der Waals surface area (Å²) < 4.78 is 0. The summed E-state index contributed by atoms with van der Waals surface area (Å²) >= 11 is 0. The maximum absolute atomic E-state index is 12.1. The summed E-state index contributed by atoms with van der Waals surface area (Å²) in [5, 5.41) is 21.7. The van der Waals surface area contributed by atoms with Crippen LogP contribution in [0.3, 0.4) is 0 Å². The van der Waals surface area contributed by atoms with Crippen LogP contribution in [0.25, 0.3) is 0 Å². The third-order valence-electron chi connectivity index (χ3n) is 3.17. The van der Waals surface area contributed by atoms with E-state index in [4.69, 9.17) is 5.73 Å². The van der Waals surface area contributed by atoms with Crippen LogP contribution in [0.5, 0.6) is 5.75 Å². The molecule has 5 N–H and O–H groups in total. The topological polar surface area (TPSA) is 95.6 Å². The molecule has 2 aromatic carbocycles. The molecule has 110 valence electrons. The van der Waals surface area contributed by atoms with Crippen LogP contribution >= 0.6 is 0 Å². The summed E-state index contributed by atoms with van der Waals surface area (Å²) in [7, 11) is 0. The molecule has 0 bridgehead atoms. The number of nitrogens with two attached hydrogens (primary N) is 1. The van der Waals surface area contributed by atoms with Gasteiger partial charge in [0.05, 0.1) is 18.3 Å². The van der Waals surface area contributed by atoms with Crippen molar-refractivity contribution in [3.63, 3.8) is 0 Å². The highest BCUT2D eigenvalue weighted by Crippen LogP contribution is 2.20. The first-order valence-corrected chi connectivity index (χ1v) is 6.64. The van der Waals surface area contributed by atoms with Gasteiger partial charge in [-0.05, 0) is 30.2 Å². The van der Waals surface area contributed by atoms with Gasteiger partial charge in [-0.2, -0.15) is 0 Å². The molecule has 0 fully saturated rings. The smallest absolute Gasteiger partial charge is 0.251 e. The van der Waals surface area contributed by atoms with Crippen molar-refractivity contribution in [1.29, 1.82) is 0 Å². The molecular weight excluding hydrogens is 268 g/mol. The number of phenols is 1. The van der Waals surface area contributed by atoms with Crippen LogP contribution in [-0.4, -0.2) is 28.8 Å². The van der Waals surface area contributed by atoms with E-state index in [0.717, 1.165) is 5.56 Å². The van der Waals surface area contributed by atoms with E-state index in [-0.39, 0.29) is 30.0 Å². The van der Waals surface area contributed by atoms with Crippen LogP contribution in [0.1, 0.15) is 15.9 Å². The predicted molar refractivity (Wildman–Crippen MR) is 81.0 cm³/mol. The van der Waals surface area contributed by atoms with E-state index in [1.54, 1.807) is 0 Å². The maximum Gasteiger partial charge on any atom is 0.251 e. The van der Waals surface area contributed by atoms with Crippen molar-refractivity contribution in [3.8, 4) is 5.75 Å². The SMILES string of the molecule is Nc1ccc(C(=O)N[C@H](CO)Cc2ccccc2)cc1O. The van der Waals surface area contributed by atoms with Crippen molar-refractivity contribution in [2.24, 2.45) is 0 Å². The minimum atomic E-state index is -0.389. The molecule has 0 heterocycles. The summed E-state index contributed by atoms with van der Waals surface area (Å²) in [4.78, 5) is 12.1. The molecule has 0 spiro atoms. The summed E-state index contributed by atoms with van der Waals surface area (Å²) in [6, 6.07) is 13.5. The molecule has 0 aliphatic rings. The van der Waals surface area contributed by atoms with Gasteiger partial charge >= 0.3 is 0 Å². The van der Waals surface area contributed by atoms with E-state index in [1.165, 1.54) is 18.2 Å². The average molecular weight is 286 g/mol. The first-order chi connectivity index (χ1) is 10.1. The summed E-state index contributed by atoms with van der Waals surface area (Å²) in [5.74, 6) is -0.494. The van der Waals surface area contributed by atoms with Crippen molar-refractivity contribution in [2.75, 3.05) is 12.3 Å². The Bertz CT molecular complexity index is 614. The molecular formula is C16H18N2O3. The Kier molecular flexibility index (Phi) is 4.79. The van der Waals surface area contributed by atoms with E-state index >= 15 is 0 Å². The highest BCUT2D eigenvalue weighted by Gasteiger charge is 2.14. The van der Waals surface area contributed by atoms with E-state index in [0.29, 0.717) is 12.0 Å². The van der Waals surface area contributed by atoms with Crippen LogP contribution in [0.4, 0.5) is 5.69 Å². The quantitative estimate of drug-likeness (QED) is 0.492. The van der Waals surface area contributed by atoms with Gasteiger partial charge in [-0.3, -0.25) is 4.79 Å². The zero-order valence-corrected chi connectivity index (χ0v) is 11.5. The summed E-state index contributed by atoms with van der Waals surface area (Å²) in [5.41, 5.74) is 7.04. The standard InChI is InChI=1S/C16H18N2O3/c17-14-7-6-12(9-15(14)20)16(21)18-13(10-19)8-11-4-2-1-3-5-11/h1-7,9,13,19-20H,8,10,17H2,(H,18,21)/t13-/m0/s1. The van der Waals surface area contributed by atoms with Gasteiger partial charge in [0.2, 0.25) is 0 Å². The van der Waals surface area contributed by atoms with E-state index in [9.17, 15) is 15.0 Å². The Balaban J connectivity index is 2.04. The number of carbonyl (C=O) groups is 1. The Hall–Kier alpha value is -2.53. The molecule has 2 rings (SSSR count). The second kappa shape index (κ2) is 6.76. The zero-order chi connectivity index (χ0) is 15.2. The minimum absolute atomic E-state index is 0.133. The molecule has 0 aliphatic heterocycles. The molecule has 0 saturated carbocycles. The Morgan fingerprint density at radius 2 is 1.90 bits per heavy atom. The molecule has 5 nitrogen and oxygen atoms in total. The first kappa shape index (κ1) is 14.9. The zero-order valence-electron chi connectivity index (χ0n) is 11.5. The third-order valence-corrected chi connectivity index (χ3v) is 3.17. The predicted octanol–water partition coefficient (Wildman–Crippen LogP) is 1.31. The van der Waals surface area contributed by atoms with Gasteiger partial charge in [0.1, 0.15) is 5.75 Å². The molecule has 0 radical (unpaired) electrons. The second-order valence-corrected chi connectivity index (χ2v) is 4.82. The van der Waals surface area contributed by atoms with E-state index in [2.05, 4.69) is 5.32 Å². The molecule has 5 heteroatoms. The van der Waals surface area contributed by atoms with Crippen LogP contribution in [-0.2, 0) is 6.42 Å². The third kappa shape index (κ3) is 3.97. The molecule has 0 aliphatic carbocycles. The number of hydrogen-bond donors (Lipinski definition) is 4. The normalized spacial score (nSPS) is 11.9. The van der Waals surface area contributed by atoms with E-state index in [1.807, 2.05) is 30.3 Å². The number of nitrogens with one attached hydrogen (secondary N) is 1. The fourth-order valence-corrected chi connectivity index (χ4v) is 2.01. The van der Waals surface area contributed by atoms with Gasteiger partial charge in [-0.1, -0.05) is 30.3 Å². The van der Waals surface area contributed by atoms with Crippen molar-refractivity contribution >= 4 is 11.6 Å². The van der Waals surface area contributed by atoms with Gasteiger partial charge in [-0.25, -0.2) is 0 Å². The molecule has 2 aromatic rings. The lowest BCUT2D eigenvalue weighted by Gasteiger charge is -2.16. The number of hydrogen-bond acceptors (Lipinski definition) is 4. The lowest BCUT2D eigenvalue weighted by molar-refractivity contribution is 0.0916. The van der Waals surface area contributed by atoms with Crippen molar-refractivity contribution < 1.29 is 15.0 Å². The number of aliphatic hydroxyl groups is 1. The molecule has 1 amide bonds. The summed E-state index contributed by atoms with van der Waals surface area (Å²) in [6.45, 7) is -0.165. The number of carbonyl (C=O) groups excluding carboxylic acids is 1. The Morgan fingerprint density at radius 3 is 2.52 bits per heavy atom. The largest absolute Gasteiger partial charge is 0.506 e. The lowest BCUT2D eigenvalue weighted by Crippen LogP contribution is -2.39. The van der Waals surface area contributed by atoms with Crippen LogP contribution in [0.15, 0.2) is 48.5 Å². The van der Waals surface area contributed by atoms with E-state index < -0.39 is 0 Å².